The van der Waals surface area contributed by atoms with Crippen LogP contribution in [0, 0.1) is 6.57 Å². The Hall–Kier alpha value is -1.99. The minimum atomic E-state index is -0.706. The fraction of sp³-hybridized carbons (Fsp3) is 0.412. The third-order valence-corrected chi connectivity index (χ3v) is 6.01. The van der Waals surface area contributed by atoms with Gasteiger partial charge in [0.25, 0.3) is 0 Å². The van der Waals surface area contributed by atoms with Crippen molar-refractivity contribution in [2.45, 2.75) is 29.8 Å². The minimum Gasteiger partial charge on any atom is -0.388 e. The van der Waals surface area contributed by atoms with Crippen LogP contribution in [0.2, 0.25) is 0 Å². The highest BCUT2D eigenvalue weighted by Gasteiger charge is 2.44. The molecule has 3 rings (SSSR count). The number of pyridine rings is 1. The van der Waals surface area contributed by atoms with Crippen LogP contribution in [0.5, 0.6) is 0 Å². The van der Waals surface area contributed by atoms with E-state index in [9.17, 15) is 9.90 Å². The van der Waals surface area contributed by atoms with Gasteiger partial charge in [-0.25, -0.2) is 26.6 Å². The lowest BCUT2D eigenvalue weighted by Gasteiger charge is -2.25. The van der Waals surface area contributed by atoms with Crippen molar-refractivity contribution in [1.29, 1.82) is 0 Å². The normalized spacial score (nSPS) is 18.9. The summed E-state index contributed by atoms with van der Waals surface area (Å²) in [5, 5.41) is 15.2. The number of carbonyl (C=O) groups excluding carboxylic acids is 1. The molecule has 0 aliphatic carbocycles. The number of aliphatic hydroxyl groups excluding tert-OH is 1. The Morgan fingerprint density at radius 3 is 2.96 bits per heavy atom. The van der Waals surface area contributed by atoms with Gasteiger partial charge in [-0.2, -0.15) is 0 Å². The Labute approximate surface area is 160 Å². The van der Waals surface area contributed by atoms with E-state index in [1.807, 2.05) is 17.3 Å². The summed E-state index contributed by atoms with van der Waals surface area (Å²) >= 11 is 3.21. The van der Waals surface area contributed by atoms with Gasteiger partial charge in [0, 0.05) is 30.1 Å². The summed E-state index contributed by atoms with van der Waals surface area (Å²) in [6.45, 7) is 10.1. The number of aliphatic hydroxyl groups is 1. The van der Waals surface area contributed by atoms with E-state index in [4.69, 9.17) is 6.57 Å². The van der Waals surface area contributed by atoms with E-state index >= 15 is 0 Å². The van der Waals surface area contributed by atoms with E-state index in [1.165, 1.54) is 5.01 Å². The number of thioether (sulfide) groups is 1. The van der Waals surface area contributed by atoms with Gasteiger partial charge >= 0.3 is 11.9 Å². The number of hydrazine groups is 1. The first-order valence-corrected chi connectivity index (χ1v) is 10.1. The fourth-order valence-electron chi connectivity index (χ4n) is 2.66. The molecule has 0 radical (unpaired) electrons. The third-order valence-electron chi connectivity index (χ3n) is 4.06. The maximum Gasteiger partial charge on any atom is 0.327 e. The lowest BCUT2D eigenvalue weighted by Crippen LogP contribution is -2.41. The summed E-state index contributed by atoms with van der Waals surface area (Å²) < 4.78 is 0.986. The summed E-state index contributed by atoms with van der Waals surface area (Å²) in [5.41, 5.74) is 0.718. The van der Waals surface area contributed by atoms with Gasteiger partial charge in [0.15, 0.2) is 5.82 Å². The molecule has 1 fully saturated rings. The Morgan fingerprint density at radius 1 is 1.50 bits per heavy atom. The molecule has 0 aromatic carbocycles. The SMILES string of the molecule is [C-]#[N+]C1CN(CCSc2nccs2)N(c2ccc(C(O)CC)cn2)C1=O. The topological polar surface area (TPSA) is 73.9 Å². The Balaban J connectivity index is 1.72. The maximum absolute atomic E-state index is 12.6. The fourth-order valence-corrected chi connectivity index (χ4v) is 4.32. The summed E-state index contributed by atoms with van der Waals surface area (Å²) in [6.07, 6.45) is 3.39. The largest absolute Gasteiger partial charge is 0.388 e. The van der Waals surface area contributed by atoms with Crippen LogP contribution < -0.4 is 5.01 Å². The van der Waals surface area contributed by atoms with Gasteiger partial charge in [-0.3, -0.25) is 4.79 Å². The first-order valence-electron chi connectivity index (χ1n) is 8.25. The van der Waals surface area contributed by atoms with Crippen LogP contribution in [0.15, 0.2) is 34.2 Å². The van der Waals surface area contributed by atoms with Crippen LogP contribution in [0.25, 0.3) is 4.85 Å². The van der Waals surface area contributed by atoms with Crippen molar-refractivity contribution in [3.63, 3.8) is 0 Å². The van der Waals surface area contributed by atoms with Gasteiger partial charge in [-0.05, 0) is 18.1 Å². The number of anilines is 1. The quantitative estimate of drug-likeness (QED) is 0.580. The van der Waals surface area contributed by atoms with E-state index in [1.54, 1.807) is 47.6 Å². The van der Waals surface area contributed by atoms with Crippen LogP contribution in [-0.4, -0.2) is 50.9 Å². The number of hydrogen-bond donors (Lipinski definition) is 1. The van der Waals surface area contributed by atoms with Crippen molar-refractivity contribution in [2.24, 2.45) is 0 Å². The van der Waals surface area contributed by atoms with Crippen LogP contribution in [0.3, 0.4) is 0 Å². The molecule has 2 atom stereocenters. The molecular weight excluding hydrogens is 370 g/mol. The highest BCUT2D eigenvalue weighted by atomic mass is 32.2. The highest BCUT2D eigenvalue weighted by Crippen LogP contribution is 2.26. The number of hydrogen-bond acceptors (Lipinski definition) is 7. The van der Waals surface area contributed by atoms with Crippen LogP contribution >= 0.6 is 23.1 Å². The van der Waals surface area contributed by atoms with Crippen molar-refractivity contribution in [3.05, 3.63) is 46.9 Å². The summed E-state index contributed by atoms with van der Waals surface area (Å²) in [4.78, 5) is 24.6. The Kier molecular flexibility index (Phi) is 6.21. The zero-order chi connectivity index (χ0) is 18.5. The molecule has 1 N–H and O–H groups in total. The van der Waals surface area contributed by atoms with Gasteiger partial charge in [0.05, 0.1) is 6.10 Å². The zero-order valence-electron chi connectivity index (χ0n) is 14.3. The Bertz CT molecular complexity index is 775. The number of rotatable bonds is 7. The number of thiazole rings is 1. The smallest absolute Gasteiger partial charge is 0.327 e. The van der Waals surface area contributed by atoms with Crippen LogP contribution in [0.4, 0.5) is 5.82 Å². The van der Waals surface area contributed by atoms with Crippen molar-refractivity contribution in [2.75, 3.05) is 23.9 Å². The van der Waals surface area contributed by atoms with Crippen molar-refractivity contribution >= 4 is 34.8 Å². The molecule has 2 unspecified atom stereocenters. The Morgan fingerprint density at radius 2 is 2.35 bits per heavy atom. The minimum absolute atomic E-state index is 0.254. The molecule has 1 amide bonds. The van der Waals surface area contributed by atoms with Gasteiger partial charge in [0.2, 0.25) is 0 Å². The summed E-state index contributed by atoms with van der Waals surface area (Å²) in [6, 6.07) is 2.79. The van der Waals surface area contributed by atoms with E-state index in [2.05, 4.69) is 14.8 Å². The van der Waals surface area contributed by atoms with Crippen LogP contribution in [-0.2, 0) is 4.79 Å². The molecule has 2 aromatic rings. The third kappa shape index (κ3) is 4.04. The summed E-state index contributed by atoms with van der Waals surface area (Å²) in [7, 11) is 0. The average Bonchev–Trinajstić information content (AvgIpc) is 3.29. The molecule has 7 nitrogen and oxygen atoms in total. The lowest BCUT2D eigenvalue weighted by molar-refractivity contribution is -0.118. The predicted octanol–water partition coefficient (Wildman–Crippen LogP) is 2.63. The number of amides is 1. The average molecular weight is 390 g/mol. The monoisotopic (exact) mass is 389 g/mol. The second-order valence-electron chi connectivity index (χ2n) is 5.73. The van der Waals surface area contributed by atoms with Gasteiger partial charge in [-0.15, -0.1) is 11.3 Å². The van der Waals surface area contributed by atoms with E-state index in [0.29, 0.717) is 25.3 Å². The summed E-state index contributed by atoms with van der Waals surface area (Å²) in [5.74, 6) is 0.984. The van der Waals surface area contributed by atoms with Gasteiger partial charge in [0.1, 0.15) is 10.9 Å². The molecular formula is C17H19N5O2S2. The molecule has 1 aliphatic heterocycles. The second kappa shape index (κ2) is 8.60. The van der Waals surface area contributed by atoms with Gasteiger partial charge in [-0.1, -0.05) is 24.8 Å². The number of nitrogens with zero attached hydrogens (tertiary/aromatic N) is 5. The lowest BCUT2D eigenvalue weighted by atomic mass is 10.1. The molecule has 1 saturated heterocycles. The molecule has 1 aliphatic rings. The van der Waals surface area contributed by atoms with Crippen LogP contribution in [0.1, 0.15) is 25.0 Å². The van der Waals surface area contributed by atoms with Crippen molar-refractivity contribution in [3.8, 4) is 0 Å². The maximum atomic E-state index is 12.6. The van der Waals surface area contributed by atoms with Crippen molar-refractivity contribution in [1.82, 2.24) is 15.0 Å². The standard InChI is InChI=1S/C17H19N5O2S2/c1-3-14(23)12-4-5-15(20-10-12)22-16(24)13(18-2)11-21(22)7-9-26-17-19-6-8-25-17/h4-6,8,10,13-14,23H,3,7,9,11H2,1H3. The molecule has 0 spiro atoms. The molecule has 0 saturated carbocycles. The molecule has 3 heterocycles. The molecule has 9 heteroatoms. The first kappa shape index (κ1) is 18.8. The number of carbonyl (C=O) groups is 1. The second-order valence-corrected chi connectivity index (χ2v) is 7.96. The molecule has 136 valence electrons. The molecule has 0 bridgehead atoms. The molecule has 26 heavy (non-hydrogen) atoms. The number of aromatic nitrogens is 2. The van der Waals surface area contributed by atoms with E-state index < -0.39 is 12.1 Å². The molecule has 2 aromatic heterocycles. The van der Waals surface area contributed by atoms with E-state index in [-0.39, 0.29) is 5.91 Å². The van der Waals surface area contributed by atoms with Gasteiger partial charge < -0.3 is 9.95 Å². The highest BCUT2D eigenvalue weighted by molar-refractivity contribution is 8.01. The first-order chi connectivity index (χ1) is 12.6. The van der Waals surface area contributed by atoms with E-state index in [0.717, 1.165) is 15.7 Å². The van der Waals surface area contributed by atoms with Crippen molar-refractivity contribution < 1.29 is 9.90 Å². The zero-order valence-corrected chi connectivity index (χ0v) is 15.9. The predicted molar refractivity (Wildman–Crippen MR) is 102 cm³/mol.